The summed E-state index contributed by atoms with van der Waals surface area (Å²) >= 11 is 3.25. The molecule has 3 N–H and O–H groups in total. The second-order valence-electron chi connectivity index (χ2n) is 5.09. The molecule has 0 spiro atoms. The Bertz CT molecular complexity index is 609. The van der Waals surface area contributed by atoms with Crippen LogP contribution in [-0.4, -0.2) is 23.2 Å². The Morgan fingerprint density at radius 3 is 2.90 bits per heavy atom. The second kappa shape index (κ2) is 6.56. The number of nitrogens with one attached hydrogen (secondary N) is 1. The highest BCUT2D eigenvalue weighted by atomic mass is 32.2. The van der Waals surface area contributed by atoms with Gasteiger partial charge >= 0.3 is 0 Å². The van der Waals surface area contributed by atoms with Gasteiger partial charge in [0.2, 0.25) is 5.91 Å². The number of nitrogens with two attached hydrogens (primary N) is 1. The van der Waals surface area contributed by atoms with Crippen LogP contribution in [0, 0.1) is 5.92 Å². The van der Waals surface area contributed by atoms with Crippen molar-refractivity contribution in [3.63, 3.8) is 0 Å². The minimum atomic E-state index is -0.464. The van der Waals surface area contributed by atoms with Gasteiger partial charge in [0.05, 0.1) is 16.3 Å². The molecular weight excluding hydrogens is 290 g/mol. The summed E-state index contributed by atoms with van der Waals surface area (Å²) in [5.74, 6) is 0.275. The van der Waals surface area contributed by atoms with E-state index in [1.807, 2.05) is 24.5 Å². The van der Waals surface area contributed by atoms with Crippen LogP contribution in [0.1, 0.15) is 20.3 Å². The number of rotatable bonds is 5. The smallest absolute Gasteiger partial charge is 0.241 e. The summed E-state index contributed by atoms with van der Waals surface area (Å²) in [6.45, 7) is 4.11. The minimum Gasteiger partial charge on any atom is -0.325 e. The molecule has 0 fully saturated rings. The van der Waals surface area contributed by atoms with Crippen LogP contribution in [0.3, 0.4) is 0 Å². The lowest BCUT2D eigenvalue weighted by molar-refractivity contribution is -0.117. The van der Waals surface area contributed by atoms with Gasteiger partial charge in [0, 0.05) is 5.69 Å². The first kappa shape index (κ1) is 15.3. The number of benzene rings is 1. The molecule has 0 aliphatic rings. The van der Waals surface area contributed by atoms with Crippen LogP contribution >= 0.6 is 23.1 Å². The van der Waals surface area contributed by atoms with Gasteiger partial charge in [-0.15, -0.1) is 11.3 Å². The summed E-state index contributed by atoms with van der Waals surface area (Å²) in [6.07, 6.45) is 2.69. The van der Waals surface area contributed by atoms with E-state index in [4.69, 9.17) is 5.73 Å². The van der Waals surface area contributed by atoms with E-state index >= 15 is 0 Å². The number of fused-ring (bicyclic) bond motifs is 1. The van der Waals surface area contributed by atoms with Gasteiger partial charge in [0.15, 0.2) is 4.34 Å². The van der Waals surface area contributed by atoms with Gasteiger partial charge in [0.25, 0.3) is 0 Å². The minimum absolute atomic E-state index is 0.132. The molecule has 0 aliphatic heterocycles. The SMILES string of the molecule is CSc1nc2ccc(NC(=O)[C@@H](N)CC(C)C)cc2s1. The number of thioether (sulfide) groups is 1. The average molecular weight is 309 g/mol. The molecule has 2 aromatic rings. The fraction of sp³-hybridized carbons (Fsp3) is 0.429. The number of anilines is 1. The highest BCUT2D eigenvalue weighted by molar-refractivity contribution is 8.00. The lowest BCUT2D eigenvalue weighted by atomic mass is 10.0. The molecule has 1 aromatic carbocycles. The maximum atomic E-state index is 12.0. The zero-order valence-corrected chi connectivity index (χ0v) is 13.5. The lowest BCUT2D eigenvalue weighted by Gasteiger charge is -2.14. The zero-order valence-electron chi connectivity index (χ0n) is 11.8. The molecule has 0 saturated heterocycles. The Labute approximate surface area is 127 Å². The largest absolute Gasteiger partial charge is 0.325 e. The van der Waals surface area contributed by atoms with Crippen molar-refractivity contribution in [2.75, 3.05) is 11.6 Å². The van der Waals surface area contributed by atoms with Crippen LogP contribution in [0.25, 0.3) is 10.2 Å². The predicted octanol–water partition coefficient (Wildman–Crippen LogP) is 3.33. The van der Waals surface area contributed by atoms with Crippen molar-refractivity contribution in [2.24, 2.45) is 11.7 Å². The van der Waals surface area contributed by atoms with Crippen molar-refractivity contribution in [1.82, 2.24) is 4.98 Å². The number of amides is 1. The topological polar surface area (TPSA) is 68.0 Å². The van der Waals surface area contributed by atoms with E-state index in [1.165, 1.54) is 0 Å². The maximum absolute atomic E-state index is 12.0. The highest BCUT2D eigenvalue weighted by Crippen LogP contribution is 2.30. The molecule has 1 heterocycles. The number of nitrogens with zero attached hydrogens (tertiary/aromatic N) is 1. The van der Waals surface area contributed by atoms with Crippen molar-refractivity contribution < 1.29 is 4.79 Å². The van der Waals surface area contributed by atoms with Gasteiger partial charge in [-0.3, -0.25) is 4.79 Å². The van der Waals surface area contributed by atoms with E-state index in [1.54, 1.807) is 23.1 Å². The molecule has 20 heavy (non-hydrogen) atoms. The lowest BCUT2D eigenvalue weighted by Crippen LogP contribution is -2.36. The van der Waals surface area contributed by atoms with Gasteiger partial charge < -0.3 is 11.1 Å². The first-order chi connectivity index (χ1) is 9.49. The van der Waals surface area contributed by atoms with E-state index in [0.717, 1.165) is 20.2 Å². The standard InChI is InChI=1S/C14H19N3OS2/c1-8(2)6-10(15)13(18)16-9-4-5-11-12(7-9)20-14(17-11)19-3/h4-5,7-8,10H,6,15H2,1-3H3,(H,16,18)/t10-/m0/s1. The van der Waals surface area contributed by atoms with Crippen molar-refractivity contribution in [3.8, 4) is 0 Å². The molecule has 0 aliphatic carbocycles. The number of aromatic nitrogens is 1. The van der Waals surface area contributed by atoms with E-state index < -0.39 is 6.04 Å². The molecule has 1 aromatic heterocycles. The van der Waals surface area contributed by atoms with Gasteiger partial charge in [-0.05, 0) is 36.8 Å². The van der Waals surface area contributed by atoms with Gasteiger partial charge in [-0.1, -0.05) is 25.6 Å². The number of hydrogen-bond donors (Lipinski definition) is 2. The normalized spacial score (nSPS) is 12.8. The van der Waals surface area contributed by atoms with Gasteiger partial charge in [-0.25, -0.2) is 4.98 Å². The molecule has 1 amide bonds. The van der Waals surface area contributed by atoms with Crippen molar-refractivity contribution in [1.29, 1.82) is 0 Å². The summed E-state index contributed by atoms with van der Waals surface area (Å²) in [5.41, 5.74) is 7.62. The second-order valence-corrected chi connectivity index (χ2v) is 7.18. The van der Waals surface area contributed by atoms with Crippen molar-refractivity contribution >= 4 is 44.9 Å². The highest BCUT2D eigenvalue weighted by Gasteiger charge is 2.15. The Balaban J connectivity index is 2.11. The van der Waals surface area contributed by atoms with E-state index in [9.17, 15) is 4.79 Å². The van der Waals surface area contributed by atoms with Crippen LogP contribution in [0.15, 0.2) is 22.5 Å². The maximum Gasteiger partial charge on any atom is 0.241 e. The number of carbonyl (C=O) groups is 1. The summed E-state index contributed by atoms with van der Waals surface area (Å²) in [4.78, 5) is 16.5. The van der Waals surface area contributed by atoms with Crippen molar-refractivity contribution in [3.05, 3.63) is 18.2 Å². The van der Waals surface area contributed by atoms with Crippen LogP contribution < -0.4 is 11.1 Å². The summed E-state index contributed by atoms with van der Waals surface area (Å²) in [7, 11) is 0. The van der Waals surface area contributed by atoms with E-state index in [-0.39, 0.29) is 5.91 Å². The third-order valence-electron chi connectivity index (χ3n) is 2.87. The first-order valence-electron chi connectivity index (χ1n) is 6.50. The van der Waals surface area contributed by atoms with Crippen LogP contribution in [-0.2, 0) is 4.79 Å². The Hall–Kier alpha value is -1.11. The third kappa shape index (κ3) is 3.71. The van der Waals surface area contributed by atoms with Crippen molar-refractivity contribution in [2.45, 2.75) is 30.6 Å². The number of carbonyl (C=O) groups excluding carboxylic acids is 1. The quantitative estimate of drug-likeness (QED) is 0.831. The number of hydrogen-bond acceptors (Lipinski definition) is 5. The van der Waals surface area contributed by atoms with E-state index in [2.05, 4.69) is 24.1 Å². The molecule has 0 saturated carbocycles. The molecule has 0 unspecified atom stereocenters. The predicted molar refractivity (Wildman–Crippen MR) is 87.5 cm³/mol. The Kier molecular flexibility index (Phi) is 5.01. The molecule has 0 bridgehead atoms. The fourth-order valence-electron chi connectivity index (χ4n) is 1.92. The molecule has 1 atom stereocenters. The molecule has 0 radical (unpaired) electrons. The third-order valence-corrected chi connectivity index (χ3v) is 4.88. The van der Waals surface area contributed by atoms with Crippen LogP contribution in [0.5, 0.6) is 0 Å². The fourth-order valence-corrected chi connectivity index (χ4v) is 3.45. The molecule has 108 valence electrons. The summed E-state index contributed by atoms with van der Waals surface area (Å²) < 4.78 is 2.10. The molecule has 2 rings (SSSR count). The number of thiazole rings is 1. The van der Waals surface area contributed by atoms with E-state index in [0.29, 0.717) is 12.3 Å². The Morgan fingerprint density at radius 2 is 2.25 bits per heavy atom. The monoisotopic (exact) mass is 309 g/mol. The zero-order chi connectivity index (χ0) is 14.7. The van der Waals surface area contributed by atoms with Gasteiger partial charge in [0.1, 0.15) is 0 Å². The van der Waals surface area contributed by atoms with Crippen LogP contribution in [0.2, 0.25) is 0 Å². The first-order valence-corrected chi connectivity index (χ1v) is 8.54. The molecule has 6 heteroatoms. The molecule has 4 nitrogen and oxygen atoms in total. The van der Waals surface area contributed by atoms with Gasteiger partial charge in [-0.2, -0.15) is 0 Å². The van der Waals surface area contributed by atoms with Crippen LogP contribution in [0.4, 0.5) is 5.69 Å². The molecular formula is C14H19N3OS2. The Morgan fingerprint density at radius 1 is 1.50 bits per heavy atom. The average Bonchev–Trinajstić information content (AvgIpc) is 2.80. The summed E-state index contributed by atoms with van der Waals surface area (Å²) in [6, 6.07) is 5.28. The summed E-state index contributed by atoms with van der Waals surface area (Å²) in [5, 5.41) is 2.87.